The van der Waals surface area contributed by atoms with Gasteiger partial charge in [0.15, 0.2) is 11.5 Å². The van der Waals surface area contributed by atoms with Gasteiger partial charge >= 0.3 is 0 Å². The monoisotopic (exact) mass is 428 g/mol. The molecule has 0 fully saturated rings. The fraction of sp³-hybridized carbons (Fsp3) is 0. The Morgan fingerprint density at radius 2 is 1.58 bits per heavy atom. The van der Waals surface area contributed by atoms with Crippen molar-refractivity contribution in [2.75, 3.05) is 4.72 Å². The van der Waals surface area contributed by atoms with Crippen LogP contribution in [0, 0.1) is 0 Å². The van der Waals surface area contributed by atoms with Crippen molar-refractivity contribution in [3.05, 3.63) is 91.3 Å². The summed E-state index contributed by atoms with van der Waals surface area (Å²) in [4.78, 5) is 4.23. The molecule has 0 atom stereocenters. The second-order valence-corrected chi connectivity index (χ2v) is 8.43. The van der Waals surface area contributed by atoms with Gasteiger partial charge in [0.1, 0.15) is 0 Å². The number of nitrogens with one attached hydrogen (secondary N) is 1. The Kier molecular flexibility index (Phi) is 4.64. The fourth-order valence-electron chi connectivity index (χ4n) is 3.18. The molecule has 0 bridgehead atoms. The van der Waals surface area contributed by atoms with Crippen molar-refractivity contribution >= 4 is 21.4 Å². The Morgan fingerprint density at radius 3 is 2.39 bits per heavy atom. The number of hydrogen-bond donors (Lipinski definition) is 1. The predicted molar refractivity (Wildman–Crippen MR) is 117 cm³/mol. The van der Waals surface area contributed by atoms with E-state index in [-0.39, 0.29) is 4.90 Å². The molecular formula is C22H16N6O2S. The van der Waals surface area contributed by atoms with Crippen LogP contribution in [0.25, 0.3) is 28.3 Å². The van der Waals surface area contributed by atoms with E-state index in [1.54, 1.807) is 65.4 Å². The molecule has 0 unspecified atom stereocenters. The van der Waals surface area contributed by atoms with E-state index in [0.29, 0.717) is 22.9 Å². The lowest BCUT2D eigenvalue weighted by molar-refractivity contribution is 0.601. The van der Waals surface area contributed by atoms with Gasteiger partial charge in [0.25, 0.3) is 10.0 Å². The van der Waals surface area contributed by atoms with Crippen molar-refractivity contribution in [1.29, 1.82) is 0 Å². The molecular weight excluding hydrogens is 412 g/mol. The molecule has 3 heterocycles. The zero-order chi connectivity index (χ0) is 21.3. The van der Waals surface area contributed by atoms with Crippen LogP contribution in [0.15, 0.2) is 96.2 Å². The average molecular weight is 428 g/mol. The predicted octanol–water partition coefficient (Wildman–Crippen LogP) is 3.65. The van der Waals surface area contributed by atoms with Crippen molar-refractivity contribution in [1.82, 2.24) is 24.8 Å². The van der Waals surface area contributed by atoms with Crippen LogP contribution in [0.5, 0.6) is 0 Å². The van der Waals surface area contributed by atoms with E-state index < -0.39 is 10.0 Å². The smallest absolute Gasteiger partial charge is 0.261 e. The Bertz CT molecular complexity index is 1470. The normalized spacial score (nSPS) is 11.5. The summed E-state index contributed by atoms with van der Waals surface area (Å²) in [5.41, 5.74) is 3.31. The molecule has 0 saturated carbocycles. The number of aromatic nitrogens is 5. The van der Waals surface area contributed by atoms with Gasteiger partial charge in [-0.1, -0.05) is 30.3 Å². The summed E-state index contributed by atoms with van der Waals surface area (Å²) in [5, 5.41) is 13.1. The summed E-state index contributed by atoms with van der Waals surface area (Å²) in [5.74, 6) is 0.597. The minimum atomic E-state index is -3.68. The van der Waals surface area contributed by atoms with Crippen molar-refractivity contribution in [3.8, 4) is 22.6 Å². The van der Waals surface area contributed by atoms with E-state index in [9.17, 15) is 8.42 Å². The van der Waals surface area contributed by atoms with E-state index in [4.69, 9.17) is 0 Å². The summed E-state index contributed by atoms with van der Waals surface area (Å²) >= 11 is 0. The number of nitrogens with zero attached hydrogens (tertiary/aromatic N) is 5. The molecule has 8 nitrogen and oxygen atoms in total. The number of rotatable bonds is 5. The number of hydrogen-bond acceptors (Lipinski definition) is 6. The van der Waals surface area contributed by atoms with Crippen LogP contribution < -0.4 is 4.72 Å². The van der Waals surface area contributed by atoms with Crippen molar-refractivity contribution in [2.24, 2.45) is 0 Å². The minimum Gasteiger partial charge on any atom is -0.280 e. The second-order valence-electron chi connectivity index (χ2n) is 6.75. The quantitative estimate of drug-likeness (QED) is 0.458. The Labute approximate surface area is 178 Å². The zero-order valence-corrected chi connectivity index (χ0v) is 16.9. The lowest BCUT2D eigenvalue weighted by atomic mass is 10.1. The molecule has 0 spiro atoms. The Morgan fingerprint density at radius 1 is 0.774 bits per heavy atom. The Hall–Kier alpha value is -4.11. The van der Waals surface area contributed by atoms with Crippen LogP contribution in [0.3, 0.4) is 0 Å². The van der Waals surface area contributed by atoms with Crippen LogP contribution in [-0.2, 0) is 10.0 Å². The summed E-state index contributed by atoms with van der Waals surface area (Å²) in [6.07, 6.45) is 3.37. The largest absolute Gasteiger partial charge is 0.280 e. The number of sulfonamides is 1. The van der Waals surface area contributed by atoms with Gasteiger partial charge in [-0.25, -0.2) is 8.42 Å². The van der Waals surface area contributed by atoms with Crippen LogP contribution in [0.1, 0.15) is 0 Å². The number of fused-ring (bicyclic) bond motifs is 1. The van der Waals surface area contributed by atoms with E-state index in [1.165, 1.54) is 0 Å². The molecule has 0 amide bonds. The number of benzene rings is 2. The molecule has 0 saturated heterocycles. The van der Waals surface area contributed by atoms with E-state index in [1.807, 2.05) is 30.3 Å². The number of pyridine rings is 1. The van der Waals surface area contributed by atoms with Crippen LogP contribution in [-0.4, -0.2) is 33.2 Å². The summed E-state index contributed by atoms with van der Waals surface area (Å²) in [6, 6.07) is 22.6. The maximum absolute atomic E-state index is 12.6. The molecule has 152 valence electrons. The molecule has 0 radical (unpaired) electrons. The third-order valence-corrected chi connectivity index (χ3v) is 6.06. The summed E-state index contributed by atoms with van der Waals surface area (Å²) in [7, 11) is -3.68. The van der Waals surface area contributed by atoms with Gasteiger partial charge in [0, 0.05) is 29.2 Å². The molecule has 2 aromatic carbocycles. The van der Waals surface area contributed by atoms with E-state index in [2.05, 4.69) is 25.0 Å². The molecule has 5 rings (SSSR count). The van der Waals surface area contributed by atoms with Gasteiger partial charge in [0.2, 0.25) is 0 Å². The molecule has 3 aromatic heterocycles. The third-order valence-electron chi connectivity index (χ3n) is 4.67. The summed E-state index contributed by atoms with van der Waals surface area (Å²) < 4.78 is 29.6. The van der Waals surface area contributed by atoms with Crippen molar-refractivity contribution < 1.29 is 8.42 Å². The Balaban J connectivity index is 1.51. The lowest BCUT2D eigenvalue weighted by Gasteiger charge is -2.10. The molecule has 0 aliphatic heterocycles. The highest BCUT2D eigenvalue weighted by Gasteiger charge is 2.15. The minimum absolute atomic E-state index is 0.200. The standard InChI is InChI=1S/C22H16N6O2S/c29-31(30,19-7-2-1-3-8-19)27-18-6-4-5-17(15-18)20-9-10-21-24-25-22(28(21)26-20)16-11-13-23-14-12-16/h1-15,27H. The first-order chi connectivity index (χ1) is 15.1. The van der Waals surface area contributed by atoms with Crippen molar-refractivity contribution in [3.63, 3.8) is 0 Å². The average Bonchev–Trinajstić information content (AvgIpc) is 3.23. The second kappa shape index (κ2) is 7.62. The maximum atomic E-state index is 12.6. The maximum Gasteiger partial charge on any atom is 0.261 e. The number of anilines is 1. The van der Waals surface area contributed by atoms with Crippen molar-refractivity contribution in [2.45, 2.75) is 4.90 Å². The topological polar surface area (TPSA) is 102 Å². The molecule has 0 aliphatic rings. The fourth-order valence-corrected chi connectivity index (χ4v) is 4.25. The first kappa shape index (κ1) is 18.9. The SMILES string of the molecule is O=S(=O)(Nc1cccc(-c2ccc3nnc(-c4ccncc4)n3n2)c1)c1ccccc1. The van der Waals surface area contributed by atoms with Gasteiger partial charge in [-0.3, -0.25) is 9.71 Å². The molecule has 9 heteroatoms. The van der Waals surface area contributed by atoms with Gasteiger partial charge < -0.3 is 0 Å². The van der Waals surface area contributed by atoms with Gasteiger partial charge in [-0.2, -0.15) is 9.61 Å². The third kappa shape index (κ3) is 3.74. The highest BCUT2D eigenvalue weighted by atomic mass is 32.2. The highest BCUT2D eigenvalue weighted by Crippen LogP contribution is 2.24. The lowest BCUT2D eigenvalue weighted by Crippen LogP contribution is -2.12. The first-order valence-corrected chi connectivity index (χ1v) is 10.9. The van der Waals surface area contributed by atoms with E-state index >= 15 is 0 Å². The summed E-state index contributed by atoms with van der Waals surface area (Å²) in [6.45, 7) is 0. The van der Waals surface area contributed by atoms with Gasteiger partial charge in [0.05, 0.1) is 10.6 Å². The first-order valence-electron chi connectivity index (χ1n) is 9.41. The molecule has 1 N–H and O–H groups in total. The molecule has 5 aromatic rings. The highest BCUT2D eigenvalue weighted by molar-refractivity contribution is 7.92. The molecule has 0 aliphatic carbocycles. The van der Waals surface area contributed by atoms with Crippen LogP contribution in [0.4, 0.5) is 5.69 Å². The molecule has 31 heavy (non-hydrogen) atoms. The van der Waals surface area contributed by atoms with Crippen LogP contribution in [0.2, 0.25) is 0 Å². The van der Waals surface area contributed by atoms with Gasteiger partial charge in [-0.05, 0) is 48.5 Å². The van der Waals surface area contributed by atoms with E-state index in [0.717, 1.165) is 11.1 Å². The van der Waals surface area contributed by atoms with Crippen LogP contribution >= 0.6 is 0 Å². The van der Waals surface area contributed by atoms with Gasteiger partial charge in [-0.15, -0.1) is 10.2 Å². The zero-order valence-electron chi connectivity index (χ0n) is 16.1.